The first-order valence-corrected chi connectivity index (χ1v) is 8.83. The van der Waals surface area contributed by atoms with Crippen LogP contribution < -0.4 is 5.32 Å². The number of amides is 1. The molecule has 3 aromatic rings. The van der Waals surface area contributed by atoms with Crippen LogP contribution in [0.25, 0.3) is 0 Å². The van der Waals surface area contributed by atoms with Crippen LogP contribution in [-0.4, -0.2) is 20.9 Å². The Morgan fingerprint density at radius 1 is 1.22 bits per heavy atom. The second-order valence-corrected chi connectivity index (χ2v) is 6.42. The first-order valence-electron chi connectivity index (χ1n) is 8.83. The van der Waals surface area contributed by atoms with E-state index in [0.29, 0.717) is 17.9 Å². The topological polar surface area (TPSA) is 69.0 Å². The summed E-state index contributed by atoms with van der Waals surface area (Å²) >= 11 is 0. The summed E-state index contributed by atoms with van der Waals surface area (Å²) in [6.07, 6.45) is 0.691. The molecular weight excluding hydrogens is 347 g/mol. The van der Waals surface area contributed by atoms with Crippen molar-refractivity contribution in [2.45, 2.75) is 32.6 Å². The normalized spacial score (nSPS) is 16.0. The molecule has 0 aliphatic carbocycles. The Labute approximate surface area is 156 Å². The van der Waals surface area contributed by atoms with Gasteiger partial charge in [0.2, 0.25) is 0 Å². The third kappa shape index (κ3) is 3.59. The summed E-state index contributed by atoms with van der Waals surface area (Å²) in [5.41, 5.74) is 3.66. The van der Waals surface area contributed by atoms with Crippen LogP contribution in [0.4, 0.5) is 10.1 Å². The fourth-order valence-corrected chi connectivity index (χ4v) is 3.08. The molecule has 1 aromatic heterocycles. The fraction of sp³-hybridized carbons (Fsp3) is 0.250. The van der Waals surface area contributed by atoms with Gasteiger partial charge in [-0.1, -0.05) is 36.4 Å². The number of aryl methyl sites for hydroxylation is 1. The van der Waals surface area contributed by atoms with Crippen LogP contribution in [0.3, 0.4) is 0 Å². The number of rotatable bonds is 4. The molecule has 1 atom stereocenters. The number of nitrogens with zero attached hydrogens (tertiary/aromatic N) is 3. The van der Waals surface area contributed by atoms with Crippen LogP contribution in [0.5, 0.6) is 0 Å². The molecule has 4 rings (SSSR count). The highest BCUT2D eigenvalue weighted by atomic mass is 19.1. The van der Waals surface area contributed by atoms with Crippen molar-refractivity contribution in [1.29, 1.82) is 0 Å². The van der Waals surface area contributed by atoms with Gasteiger partial charge in [-0.05, 0) is 41.8 Å². The largest absolute Gasteiger partial charge is 0.365 e. The van der Waals surface area contributed by atoms with E-state index in [0.717, 1.165) is 12.0 Å². The van der Waals surface area contributed by atoms with E-state index in [2.05, 4.69) is 22.6 Å². The summed E-state index contributed by atoms with van der Waals surface area (Å²) in [6, 6.07) is 13.9. The maximum atomic E-state index is 13.1. The molecular formula is C20H19FN4O2. The Hall–Kier alpha value is -3.06. The van der Waals surface area contributed by atoms with E-state index in [1.54, 1.807) is 16.8 Å². The highest BCUT2D eigenvalue weighted by Crippen LogP contribution is 2.27. The van der Waals surface area contributed by atoms with Gasteiger partial charge in [0.05, 0.1) is 18.8 Å². The van der Waals surface area contributed by atoms with Crippen molar-refractivity contribution in [2.75, 3.05) is 5.32 Å². The number of hydrogen-bond acceptors (Lipinski definition) is 4. The highest BCUT2D eigenvalue weighted by molar-refractivity contribution is 6.03. The Bertz CT molecular complexity index is 951. The van der Waals surface area contributed by atoms with Crippen LogP contribution in [0.1, 0.15) is 40.3 Å². The van der Waals surface area contributed by atoms with E-state index >= 15 is 0 Å². The molecule has 1 aliphatic rings. The number of carbonyl (C=O) groups is 1. The van der Waals surface area contributed by atoms with E-state index in [1.807, 2.05) is 24.3 Å². The zero-order chi connectivity index (χ0) is 18.8. The molecule has 0 bridgehead atoms. The molecule has 6 nitrogen and oxygen atoms in total. The lowest BCUT2D eigenvalue weighted by molar-refractivity contribution is -0.00174. The summed E-state index contributed by atoms with van der Waals surface area (Å²) in [5, 5.41) is 11.0. The number of carbonyl (C=O) groups excluding carboxylic acids is 1. The van der Waals surface area contributed by atoms with Crippen molar-refractivity contribution in [3.05, 3.63) is 76.9 Å². The standard InChI is InChI=1S/C20H19FN4O2/c1-2-13-3-9-16(10-4-13)22-20(26)19-17-12-27-18(11-25(17)24-23-19)14-5-7-15(21)8-6-14/h3-10,18H,2,11-12H2,1H3,(H,22,26). The van der Waals surface area contributed by atoms with Crippen LogP contribution in [0, 0.1) is 5.82 Å². The molecule has 0 saturated carbocycles. The molecule has 1 aliphatic heterocycles. The van der Waals surface area contributed by atoms with Crippen molar-refractivity contribution in [3.63, 3.8) is 0 Å². The molecule has 0 fully saturated rings. The molecule has 1 N–H and O–H groups in total. The minimum atomic E-state index is -0.315. The van der Waals surface area contributed by atoms with E-state index < -0.39 is 0 Å². The van der Waals surface area contributed by atoms with Gasteiger partial charge in [0.1, 0.15) is 11.9 Å². The number of fused-ring (bicyclic) bond motifs is 1. The Morgan fingerprint density at radius 2 is 1.96 bits per heavy atom. The van der Waals surface area contributed by atoms with Crippen molar-refractivity contribution < 1.29 is 13.9 Å². The van der Waals surface area contributed by atoms with Gasteiger partial charge < -0.3 is 10.1 Å². The molecule has 0 spiro atoms. The molecule has 1 amide bonds. The summed E-state index contributed by atoms with van der Waals surface area (Å²) in [7, 11) is 0. The zero-order valence-electron chi connectivity index (χ0n) is 14.9. The molecule has 0 radical (unpaired) electrons. The fourth-order valence-electron chi connectivity index (χ4n) is 3.08. The number of halogens is 1. The predicted octanol–water partition coefficient (Wildman–Crippen LogP) is 3.50. The predicted molar refractivity (Wildman–Crippen MR) is 97.7 cm³/mol. The Kier molecular flexibility index (Phi) is 4.68. The van der Waals surface area contributed by atoms with Gasteiger partial charge >= 0.3 is 0 Å². The second kappa shape index (κ2) is 7.28. The quantitative estimate of drug-likeness (QED) is 0.767. The lowest BCUT2D eigenvalue weighted by Gasteiger charge is -2.24. The van der Waals surface area contributed by atoms with Gasteiger partial charge in [-0.15, -0.1) is 5.10 Å². The maximum Gasteiger partial charge on any atom is 0.278 e. The molecule has 1 unspecified atom stereocenters. The van der Waals surface area contributed by atoms with E-state index in [9.17, 15) is 9.18 Å². The van der Waals surface area contributed by atoms with E-state index in [4.69, 9.17) is 4.74 Å². The number of anilines is 1. The Balaban J connectivity index is 1.48. The van der Waals surface area contributed by atoms with Gasteiger partial charge in [0.15, 0.2) is 5.69 Å². The van der Waals surface area contributed by atoms with Crippen LogP contribution in [-0.2, 0) is 24.3 Å². The second-order valence-electron chi connectivity index (χ2n) is 6.42. The Morgan fingerprint density at radius 3 is 2.67 bits per heavy atom. The monoisotopic (exact) mass is 366 g/mol. The van der Waals surface area contributed by atoms with Crippen molar-refractivity contribution in [2.24, 2.45) is 0 Å². The van der Waals surface area contributed by atoms with Gasteiger partial charge in [0, 0.05) is 5.69 Å². The van der Waals surface area contributed by atoms with Crippen molar-refractivity contribution in [3.8, 4) is 0 Å². The van der Waals surface area contributed by atoms with Crippen LogP contribution >= 0.6 is 0 Å². The average Bonchev–Trinajstić information content (AvgIpc) is 3.12. The van der Waals surface area contributed by atoms with Gasteiger partial charge in [-0.25, -0.2) is 9.07 Å². The minimum Gasteiger partial charge on any atom is -0.365 e. The zero-order valence-corrected chi connectivity index (χ0v) is 14.9. The van der Waals surface area contributed by atoms with Crippen molar-refractivity contribution >= 4 is 11.6 Å². The SMILES string of the molecule is CCc1ccc(NC(=O)c2nnn3c2COC(c2ccc(F)cc2)C3)cc1. The van der Waals surface area contributed by atoms with Gasteiger partial charge in [-0.3, -0.25) is 4.79 Å². The minimum absolute atomic E-state index is 0.215. The number of hydrogen-bond donors (Lipinski definition) is 1. The first kappa shape index (κ1) is 17.4. The van der Waals surface area contributed by atoms with Gasteiger partial charge in [0.25, 0.3) is 5.91 Å². The van der Waals surface area contributed by atoms with Gasteiger partial charge in [-0.2, -0.15) is 0 Å². The third-order valence-corrected chi connectivity index (χ3v) is 4.67. The molecule has 0 saturated heterocycles. The van der Waals surface area contributed by atoms with E-state index in [-0.39, 0.29) is 30.1 Å². The summed E-state index contributed by atoms with van der Waals surface area (Å²) in [4.78, 5) is 12.6. The number of ether oxygens (including phenoxy) is 1. The van der Waals surface area contributed by atoms with Crippen LogP contribution in [0.15, 0.2) is 48.5 Å². The number of aromatic nitrogens is 3. The lowest BCUT2D eigenvalue weighted by atomic mass is 10.1. The van der Waals surface area contributed by atoms with Crippen molar-refractivity contribution in [1.82, 2.24) is 15.0 Å². The molecule has 2 heterocycles. The molecule has 2 aromatic carbocycles. The highest BCUT2D eigenvalue weighted by Gasteiger charge is 2.27. The van der Waals surface area contributed by atoms with E-state index in [1.165, 1.54) is 17.7 Å². The smallest absolute Gasteiger partial charge is 0.278 e. The lowest BCUT2D eigenvalue weighted by Crippen LogP contribution is -2.24. The number of benzene rings is 2. The summed E-state index contributed by atoms with van der Waals surface area (Å²) in [5.74, 6) is -0.605. The number of nitrogens with one attached hydrogen (secondary N) is 1. The average molecular weight is 366 g/mol. The van der Waals surface area contributed by atoms with Crippen LogP contribution in [0.2, 0.25) is 0 Å². The summed E-state index contributed by atoms with van der Waals surface area (Å²) in [6.45, 7) is 2.72. The summed E-state index contributed by atoms with van der Waals surface area (Å²) < 4.78 is 20.6. The molecule has 27 heavy (non-hydrogen) atoms. The molecule has 7 heteroatoms. The third-order valence-electron chi connectivity index (χ3n) is 4.67. The maximum absolute atomic E-state index is 13.1. The molecule has 138 valence electrons. The first-order chi connectivity index (χ1) is 13.1.